The molecule has 1 unspecified atom stereocenters. The van der Waals surface area contributed by atoms with Crippen molar-refractivity contribution in [3.63, 3.8) is 0 Å². The van der Waals surface area contributed by atoms with Gasteiger partial charge in [-0.3, -0.25) is 4.98 Å². The van der Waals surface area contributed by atoms with Crippen LogP contribution in [0.5, 0.6) is 0 Å². The quantitative estimate of drug-likeness (QED) is 0.623. The Labute approximate surface area is 148 Å². The van der Waals surface area contributed by atoms with Crippen molar-refractivity contribution in [2.24, 2.45) is 0 Å². The van der Waals surface area contributed by atoms with E-state index in [0.717, 1.165) is 48.1 Å². The lowest BCUT2D eigenvalue weighted by molar-refractivity contribution is -0.160. The third-order valence-electron chi connectivity index (χ3n) is 4.49. The summed E-state index contributed by atoms with van der Waals surface area (Å²) in [5.74, 6) is 0. The second-order valence-corrected chi connectivity index (χ2v) is 6.24. The van der Waals surface area contributed by atoms with Crippen LogP contribution in [-0.4, -0.2) is 24.6 Å². The van der Waals surface area contributed by atoms with E-state index in [4.69, 9.17) is 9.47 Å². The SMILES string of the molecule is c1ccc(N(COC2CCCCO2)c2ccc3ncccc3c2)cc1. The van der Waals surface area contributed by atoms with Crippen molar-refractivity contribution < 1.29 is 9.47 Å². The van der Waals surface area contributed by atoms with Crippen LogP contribution in [0.25, 0.3) is 10.9 Å². The summed E-state index contributed by atoms with van der Waals surface area (Å²) in [7, 11) is 0. The number of fused-ring (bicyclic) bond motifs is 1. The minimum absolute atomic E-state index is 0.109. The maximum Gasteiger partial charge on any atom is 0.159 e. The zero-order chi connectivity index (χ0) is 16.9. The van der Waals surface area contributed by atoms with Crippen LogP contribution in [-0.2, 0) is 9.47 Å². The van der Waals surface area contributed by atoms with Gasteiger partial charge in [0, 0.05) is 29.6 Å². The Hall–Kier alpha value is -2.43. The fourth-order valence-electron chi connectivity index (χ4n) is 3.14. The normalized spacial score (nSPS) is 17.5. The molecule has 1 aliphatic heterocycles. The van der Waals surface area contributed by atoms with Crippen molar-refractivity contribution in [2.45, 2.75) is 25.6 Å². The highest BCUT2D eigenvalue weighted by molar-refractivity contribution is 5.83. The molecule has 0 spiro atoms. The molecule has 0 radical (unpaired) electrons. The fourth-order valence-corrected chi connectivity index (χ4v) is 3.14. The number of pyridine rings is 1. The van der Waals surface area contributed by atoms with Crippen LogP contribution >= 0.6 is 0 Å². The largest absolute Gasteiger partial charge is 0.353 e. The summed E-state index contributed by atoms with van der Waals surface area (Å²) < 4.78 is 11.8. The van der Waals surface area contributed by atoms with Gasteiger partial charge in [-0.1, -0.05) is 24.3 Å². The van der Waals surface area contributed by atoms with E-state index in [1.54, 1.807) is 0 Å². The van der Waals surface area contributed by atoms with Crippen LogP contribution in [0.3, 0.4) is 0 Å². The second-order valence-electron chi connectivity index (χ2n) is 6.24. The van der Waals surface area contributed by atoms with Gasteiger partial charge in [0.15, 0.2) is 6.29 Å². The van der Waals surface area contributed by atoms with E-state index in [9.17, 15) is 0 Å². The molecular weight excluding hydrogens is 312 g/mol. The maximum atomic E-state index is 6.05. The van der Waals surface area contributed by atoms with E-state index in [1.165, 1.54) is 0 Å². The zero-order valence-electron chi connectivity index (χ0n) is 14.2. The molecule has 4 rings (SSSR count). The minimum Gasteiger partial charge on any atom is -0.353 e. The second kappa shape index (κ2) is 7.64. The highest BCUT2D eigenvalue weighted by atomic mass is 16.7. The molecule has 2 aromatic carbocycles. The van der Waals surface area contributed by atoms with E-state index in [2.05, 4.69) is 46.3 Å². The van der Waals surface area contributed by atoms with E-state index >= 15 is 0 Å². The van der Waals surface area contributed by atoms with Gasteiger partial charge in [0.25, 0.3) is 0 Å². The average molecular weight is 334 g/mol. The highest BCUT2D eigenvalue weighted by Gasteiger charge is 2.17. The molecule has 1 saturated heterocycles. The lowest BCUT2D eigenvalue weighted by Crippen LogP contribution is -2.29. The number of hydrogen-bond donors (Lipinski definition) is 0. The first kappa shape index (κ1) is 16.1. The Morgan fingerprint density at radius 2 is 1.92 bits per heavy atom. The molecule has 2 heterocycles. The first-order valence-electron chi connectivity index (χ1n) is 8.81. The molecule has 4 nitrogen and oxygen atoms in total. The zero-order valence-corrected chi connectivity index (χ0v) is 14.2. The predicted octanol–water partition coefficient (Wildman–Crippen LogP) is 4.87. The van der Waals surface area contributed by atoms with E-state index < -0.39 is 0 Å². The predicted molar refractivity (Wildman–Crippen MR) is 99.9 cm³/mol. The summed E-state index contributed by atoms with van der Waals surface area (Å²) in [5.41, 5.74) is 3.18. The summed E-state index contributed by atoms with van der Waals surface area (Å²) in [6.45, 7) is 1.25. The van der Waals surface area contributed by atoms with Crippen LogP contribution in [0, 0.1) is 0 Å². The average Bonchev–Trinajstić information content (AvgIpc) is 2.70. The van der Waals surface area contributed by atoms with Crippen molar-refractivity contribution in [1.82, 2.24) is 4.98 Å². The van der Waals surface area contributed by atoms with E-state index in [0.29, 0.717) is 6.73 Å². The summed E-state index contributed by atoms with van der Waals surface area (Å²) in [6.07, 6.45) is 4.96. The Kier molecular flexibility index (Phi) is 4.91. The molecule has 0 saturated carbocycles. The Bertz CT molecular complexity index is 816. The van der Waals surface area contributed by atoms with Crippen molar-refractivity contribution in [3.8, 4) is 0 Å². The molecule has 1 fully saturated rings. The molecular formula is C21H22N2O2. The van der Waals surface area contributed by atoms with Gasteiger partial charge in [-0.05, 0) is 55.7 Å². The summed E-state index contributed by atoms with van der Waals surface area (Å²) in [4.78, 5) is 6.58. The van der Waals surface area contributed by atoms with Crippen LogP contribution in [0.1, 0.15) is 19.3 Å². The number of rotatable bonds is 5. The molecule has 3 aromatic rings. The summed E-state index contributed by atoms with van der Waals surface area (Å²) >= 11 is 0. The van der Waals surface area contributed by atoms with Crippen LogP contribution in [0.15, 0.2) is 66.9 Å². The Balaban J connectivity index is 1.61. The Morgan fingerprint density at radius 3 is 2.76 bits per heavy atom. The van der Waals surface area contributed by atoms with E-state index in [-0.39, 0.29) is 6.29 Å². The third-order valence-corrected chi connectivity index (χ3v) is 4.49. The topological polar surface area (TPSA) is 34.6 Å². The lowest BCUT2D eigenvalue weighted by Gasteiger charge is -2.29. The summed E-state index contributed by atoms with van der Waals surface area (Å²) in [6, 6.07) is 20.6. The smallest absolute Gasteiger partial charge is 0.159 e. The number of benzene rings is 2. The number of para-hydroxylation sites is 1. The standard InChI is InChI=1S/C21H22N2O2/c1-2-8-18(9-3-1)23(16-25-21-10-4-5-14-24-21)19-11-12-20-17(15-19)7-6-13-22-20/h1-3,6-9,11-13,15,21H,4-5,10,14,16H2. The molecule has 4 heteroatoms. The van der Waals surface area contributed by atoms with Crippen molar-refractivity contribution in [1.29, 1.82) is 0 Å². The van der Waals surface area contributed by atoms with Crippen molar-refractivity contribution >= 4 is 22.3 Å². The van der Waals surface area contributed by atoms with Gasteiger partial charge in [-0.15, -0.1) is 0 Å². The first-order chi connectivity index (χ1) is 12.4. The molecule has 128 valence electrons. The number of anilines is 2. The van der Waals surface area contributed by atoms with Gasteiger partial charge < -0.3 is 14.4 Å². The van der Waals surface area contributed by atoms with Gasteiger partial charge in [0.2, 0.25) is 0 Å². The Morgan fingerprint density at radius 1 is 1.00 bits per heavy atom. The van der Waals surface area contributed by atoms with Crippen LogP contribution in [0.2, 0.25) is 0 Å². The molecule has 0 N–H and O–H groups in total. The van der Waals surface area contributed by atoms with Gasteiger partial charge in [0.1, 0.15) is 6.73 Å². The fraction of sp³-hybridized carbons (Fsp3) is 0.286. The maximum absolute atomic E-state index is 6.05. The van der Waals surface area contributed by atoms with Crippen molar-refractivity contribution in [3.05, 3.63) is 66.9 Å². The molecule has 0 bridgehead atoms. The third kappa shape index (κ3) is 3.81. The van der Waals surface area contributed by atoms with Crippen LogP contribution < -0.4 is 4.90 Å². The number of hydrogen-bond acceptors (Lipinski definition) is 4. The van der Waals surface area contributed by atoms with Crippen molar-refractivity contribution in [2.75, 3.05) is 18.2 Å². The van der Waals surface area contributed by atoms with Gasteiger partial charge in [-0.25, -0.2) is 0 Å². The first-order valence-corrected chi connectivity index (χ1v) is 8.81. The van der Waals surface area contributed by atoms with Crippen LogP contribution in [0.4, 0.5) is 11.4 Å². The van der Waals surface area contributed by atoms with E-state index in [1.807, 2.05) is 30.5 Å². The molecule has 1 aromatic heterocycles. The van der Waals surface area contributed by atoms with Gasteiger partial charge >= 0.3 is 0 Å². The molecule has 0 amide bonds. The number of ether oxygens (including phenoxy) is 2. The number of nitrogens with zero attached hydrogens (tertiary/aromatic N) is 2. The highest BCUT2D eigenvalue weighted by Crippen LogP contribution is 2.28. The lowest BCUT2D eigenvalue weighted by atomic mass is 10.1. The number of aromatic nitrogens is 1. The molecule has 1 atom stereocenters. The van der Waals surface area contributed by atoms with Gasteiger partial charge in [0.05, 0.1) is 5.52 Å². The van der Waals surface area contributed by atoms with Gasteiger partial charge in [-0.2, -0.15) is 0 Å². The minimum atomic E-state index is -0.109. The molecule has 25 heavy (non-hydrogen) atoms. The monoisotopic (exact) mass is 334 g/mol. The summed E-state index contributed by atoms with van der Waals surface area (Å²) in [5, 5.41) is 1.12. The molecule has 0 aliphatic carbocycles. The molecule has 1 aliphatic rings.